The second kappa shape index (κ2) is 8.38. The van der Waals surface area contributed by atoms with Gasteiger partial charge >= 0.3 is 0 Å². The lowest BCUT2D eigenvalue weighted by Gasteiger charge is -2.18. The summed E-state index contributed by atoms with van der Waals surface area (Å²) in [4.78, 5) is 8.20. The zero-order valence-corrected chi connectivity index (χ0v) is 13.9. The van der Waals surface area contributed by atoms with Crippen LogP contribution in [-0.4, -0.2) is 48.9 Å². The van der Waals surface area contributed by atoms with Crippen molar-refractivity contribution < 1.29 is 8.42 Å². The Morgan fingerprint density at radius 1 is 1.29 bits per heavy atom. The number of aromatic nitrogens is 2. The zero-order chi connectivity index (χ0) is 15.9. The molecule has 2 N–H and O–H groups in total. The van der Waals surface area contributed by atoms with Crippen molar-refractivity contribution in [3.63, 3.8) is 0 Å². The zero-order valence-electron chi connectivity index (χ0n) is 13.1. The fourth-order valence-electron chi connectivity index (χ4n) is 1.60. The molecule has 0 aromatic carbocycles. The van der Waals surface area contributed by atoms with Crippen molar-refractivity contribution in [2.45, 2.75) is 39.8 Å². The Balaban J connectivity index is 2.39. The van der Waals surface area contributed by atoms with Crippen LogP contribution in [0.1, 0.15) is 31.7 Å². The van der Waals surface area contributed by atoms with Crippen LogP contribution in [0, 0.1) is 6.92 Å². The Labute approximate surface area is 127 Å². The molecule has 0 aliphatic heterocycles. The fraction of sp³-hybridized carbons (Fsp3) is 0.692. The third-order valence-electron chi connectivity index (χ3n) is 2.88. The van der Waals surface area contributed by atoms with Gasteiger partial charge in [0.1, 0.15) is 0 Å². The molecule has 120 valence electrons. The highest BCUT2D eigenvalue weighted by molar-refractivity contribution is 7.87. The Morgan fingerprint density at radius 3 is 2.57 bits per heavy atom. The van der Waals surface area contributed by atoms with E-state index in [1.807, 2.05) is 6.92 Å². The summed E-state index contributed by atoms with van der Waals surface area (Å²) in [6.07, 6.45) is 3.95. The highest BCUT2D eigenvalue weighted by Crippen LogP contribution is 1.99. The minimum Gasteiger partial charge on any atom is -0.314 e. The number of hydrogen-bond donors (Lipinski definition) is 2. The minimum atomic E-state index is -3.48. The van der Waals surface area contributed by atoms with Crippen molar-refractivity contribution in [2.24, 2.45) is 0 Å². The number of nitrogens with one attached hydrogen (secondary N) is 2. The number of hydrogen-bond acceptors (Lipinski definition) is 5. The van der Waals surface area contributed by atoms with Gasteiger partial charge in [0, 0.05) is 25.8 Å². The van der Waals surface area contributed by atoms with Crippen LogP contribution in [-0.2, 0) is 16.8 Å². The molecule has 0 bridgehead atoms. The standard InChI is InChI=1S/C13H25N5O2S/c1-11(2)14-6-5-7-18(4)21(19,20)17-10-13-9-15-12(3)8-16-13/h8-9,11,14,17H,5-7,10H2,1-4H3. The van der Waals surface area contributed by atoms with Crippen molar-refractivity contribution in [3.8, 4) is 0 Å². The first kappa shape index (κ1) is 18.0. The van der Waals surface area contributed by atoms with Gasteiger partial charge in [-0.05, 0) is 19.9 Å². The van der Waals surface area contributed by atoms with E-state index in [4.69, 9.17) is 0 Å². The second-order valence-electron chi connectivity index (χ2n) is 5.26. The molecule has 0 spiro atoms. The molecule has 0 fully saturated rings. The molecule has 1 aromatic heterocycles. The fourth-order valence-corrected chi connectivity index (χ4v) is 2.52. The number of nitrogens with zero attached hydrogens (tertiary/aromatic N) is 3. The summed E-state index contributed by atoms with van der Waals surface area (Å²) in [6.45, 7) is 7.36. The minimum absolute atomic E-state index is 0.143. The lowest BCUT2D eigenvalue weighted by atomic mass is 10.3. The Kier molecular flexibility index (Phi) is 7.16. The van der Waals surface area contributed by atoms with Crippen LogP contribution in [0.2, 0.25) is 0 Å². The van der Waals surface area contributed by atoms with Crippen LogP contribution in [0.5, 0.6) is 0 Å². The summed E-state index contributed by atoms with van der Waals surface area (Å²) in [5.41, 5.74) is 1.40. The highest BCUT2D eigenvalue weighted by Gasteiger charge is 2.16. The molecule has 8 heteroatoms. The van der Waals surface area contributed by atoms with E-state index in [0.717, 1.165) is 18.7 Å². The summed E-state index contributed by atoms with van der Waals surface area (Å²) < 4.78 is 27.9. The van der Waals surface area contributed by atoms with E-state index in [-0.39, 0.29) is 6.54 Å². The summed E-state index contributed by atoms with van der Waals surface area (Å²) in [7, 11) is -1.91. The van der Waals surface area contributed by atoms with Crippen molar-refractivity contribution in [1.82, 2.24) is 24.3 Å². The Hall–Kier alpha value is -1.09. The van der Waals surface area contributed by atoms with E-state index in [2.05, 4.69) is 33.9 Å². The predicted molar refractivity (Wildman–Crippen MR) is 82.9 cm³/mol. The summed E-state index contributed by atoms with van der Waals surface area (Å²) in [6, 6.07) is 0.408. The largest absolute Gasteiger partial charge is 0.314 e. The van der Waals surface area contributed by atoms with Gasteiger partial charge in [-0.2, -0.15) is 17.4 Å². The Bertz CT molecular complexity index is 516. The van der Waals surface area contributed by atoms with Crippen molar-refractivity contribution in [2.75, 3.05) is 20.1 Å². The van der Waals surface area contributed by atoms with Crippen molar-refractivity contribution >= 4 is 10.2 Å². The predicted octanol–water partition coefficient (Wildman–Crippen LogP) is 0.439. The number of rotatable bonds is 9. The molecule has 0 saturated heterocycles. The van der Waals surface area contributed by atoms with Crippen molar-refractivity contribution in [1.29, 1.82) is 0 Å². The molecule has 0 amide bonds. The topological polar surface area (TPSA) is 87.2 Å². The molecule has 1 rings (SSSR count). The summed E-state index contributed by atoms with van der Waals surface area (Å²) >= 11 is 0. The summed E-state index contributed by atoms with van der Waals surface area (Å²) in [5.74, 6) is 0. The molecule has 0 aliphatic rings. The third kappa shape index (κ3) is 6.94. The maximum absolute atomic E-state index is 12.0. The normalized spacial score (nSPS) is 12.3. The smallest absolute Gasteiger partial charge is 0.279 e. The highest BCUT2D eigenvalue weighted by atomic mass is 32.2. The summed E-state index contributed by atoms with van der Waals surface area (Å²) in [5, 5.41) is 3.26. The van der Waals surface area contributed by atoms with Crippen LogP contribution in [0.15, 0.2) is 12.4 Å². The van der Waals surface area contributed by atoms with Crippen LogP contribution < -0.4 is 10.0 Å². The van der Waals surface area contributed by atoms with E-state index in [0.29, 0.717) is 18.3 Å². The molecule has 21 heavy (non-hydrogen) atoms. The molecular formula is C13H25N5O2S. The van der Waals surface area contributed by atoms with Crippen LogP contribution in [0.4, 0.5) is 0 Å². The van der Waals surface area contributed by atoms with Gasteiger partial charge in [0.2, 0.25) is 0 Å². The molecule has 1 aromatic rings. The van der Waals surface area contributed by atoms with Gasteiger partial charge in [0.15, 0.2) is 0 Å². The molecular weight excluding hydrogens is 290 g/mol. The quantitative estimate of drug-likeness (QED) is 0.646. The van der Waals surface area contributed by atoms with Gasteiger partial charge in [-0.15, -0.1) is 0 Å². The molecule has 0 atom stereocenters. The molecule has 0 unspecified atom stereocenters. The van der Waals surface area contributed by atoms with Crippen LogP contribution in [0.3, 0.4) is 0 Å². The molecule has 0 radical (unpaired) electrons. The average molecular weight is 315 g/mol. The monoisotopic (exact) mass is 315 g/mol. The van der Waals surface area contributed by atoms with E-state index in [9.17, 15) is 8.42 Å². The lowest BCUT2D eigenvalue weighted by Crippen LogP contribution is -2.39. The van der Waals surface area contributed by atoms with Gasteiger partial charge < -0.3 is 5.32 Å². The lowest BCUT2D eigenvalue weighted by molar-refractivity contribution is 0.438. The average Bonchev–Trinajstić information content (AvgIpc) is 2.42. The first-order chi connectivity index (χ1) is 9.81. The molecule has 7 nitrogen and oxygen atoms in total. The van der Waals surface area contributed by atoms with Crippen molar-refractivity contribution in [3.05, 3.63) is 23.8 Å². The van der Waals surface area contributed by atoms with Gasteiger partial charge in [-0.25, -0.2) is 0 Å². The first-order valence-corrected chi connectivity index (χ1v) is 8.47. The first-order valence-electron chi connectivity index (χ1n) is 7.03. The van der Waals surface area contributed by atoms with E-state index in [1.165, 1.54) is 4.31 Å². The van der Waals surface area contributed by atoms with Crippen LogP contribution >= 0.6 is 0 Å². The maximum atomic E-state index is 12.0. The molecule has 0 aliphatic carbocycles. The van der Waals surface area contributed by atoms with Gasteiger partial charge in [0.05, 0.1) is 24.1 Å². The molecule has 0 saturated carbocycles. The van der Waals surface area contributed by atoms with Gasteiger partial charge in [-0.3, -0.25) is 9.97 Å². The second-order valence-corrected chi connectivity index (χ2v) is 7.12. The van der Waals surface area contributed by atoms with E-state index < -0.39 is 10.2 Å². The van der Waals surface area contributed by atoms with Crippen LogP contribution in [0.25, 0.3) is 0 Å². The molecule has 1 heterocycles. The van der Waals surface area contributed by atoms with E-state index in [1.54, 1.807) is 19.4 Å². The third-order valence-corrected chi connectivity index (χ3v) is 4.40. The maximum Gasteiger partial charge on any atom is 0.279 e. The number of aryl methyl sites for hydroxylation is 1. The van der Waals surface area contributed by atoms with Gasteiger partial charge in [0.25, 0.3) is 10.2 Å². The van der Waals surface area contributed by atoms with Gasteiger partial charge in [-0.1, -0.05) is 13.8 Å². The van der Waals surface area contributed by atoms with E-state index >= 15 is 0 Å². The SMILES string of the molecule is Cc1cnc(CNS(=O)(=O)N(C)CCCNC(C)C)cn1. The Morgan fingerprint density at radius 2 is 2.00 bits per heavy atom.